The van der Waals surface area contributed by atoms with Gasteiger partial charge in [-0.2, -0.15) is 0 Å². The lowest BCUT2D eigenvalue weighted by molar-refractivity contribution is 0.0233. The lowest BCUT2D eigenvalue weighted by Gasteiger charge is -2.26. The van der Waals surface area contributed by atoms with Crippen LogP contribution in [0.4, 0.5) is 0 Å². The van der Waals surface area contributed by atoms with E-state index in [1.165, 1.54) is 13.2 Å². The Morgan fingerprint density at radius 2 is 2.09 bits per heavy atom. The van der Waals surface area contributed by atoms with Crippen molar-refractivity contribution >= 4 is 16.7 Å². The summed E-state index contributed by atoms with van der Waals surface area (Å²) in [5.41, 5.74) is 0.941. The van der Waals surface area contributed by atoms with E-state index in [4.69, 9.17) is 9.47 Å². The van der Waals surface area contributed by atoms with E-state index in [0.717, 1.165) is 18.4 Å². The van der Waals surface area contributed by atoms with Crippen LogP contribution in [0.1, 0.15) is 35.7 Å². The normalized spacial score (nSPS) is 17.2. The number of fused-ring (bicyclic) bond motifs is 2. The average molecular weight is 302 g/mol. The van der Waals surface area contributed by atoms with E-state index in [1.807, 2.05) is 13.0 Å². The Balaban J connectivity index is 2.24. The molecular weight excluding hydrogens is 284 g/mol. The molecular formula is C17H18O5. The van der Waals surface area contributed by atoms with Crippen molar-refractivity contribution in [2.75, 3.05) is 7.11 Å². The van der Waals surface area contributed by atoms with E-state index in [-0.39, 0.29) is 23.2 Å². The van der Waals surface area contributed by atoms with Gasteiger partial charge in [0.15, 0.2) is 0 Å². The number of carbonyl (C=O) groups excluding carboxylic acids is 1. The third-order valence-corrected chi connectivity index (χ3v) is 4.00. The summed E-state index contributed by atoms with van der Waals surface area (Å²) >= 11 is 0. The minimum Gasteiger partial charge on any atom is -0.508 e. The molecule has 0 saturated carbocycles. The molecule has 2 N–H and O–H groups in total. The summed E-state index contributed by atoms with van der Waals surface area (Å²) in [6.45, 7) is 2.03. The van der Waals surface area contributed by atoms with Crippen molar-refractivity contribution in [3.63, 3.8) is 0 Å². The topological polar surface area (TPSA) is 76.0 Å². The molecule has 116 valence electrons. The van der Waals surface area contributed by atoms with E-state index in [0.29, 0.717) is 22.9 Å². The first-order valence-electron chi connectivity index (χ1n) is 7.31. The number of cyclic esters (lactones) is 1. The van der Waals surface area contributed by atoms with Gasteiger partial charge in [-0.05, 0) is 29.5 Å². The van der Waals surface area contributed by atoms with Crippen LogP contribution in [0.25, 0.3) is 10.8 Å². The Bertz CT molecular complexity index is 751. The van der Waals surface area contributed by atoms with Gasteiger partial charge in [0.25, 0.3) is 0 Å². The van der Waals surface area contributed by atoms with Gasteiger partial charge in [-0.1, -0.05) is 13.3 Å². The highest BCUT2D eigenvalue weighted by atomic mass is 16.5. The fourth-order valence-electron chi connectivity index (χ4n) is 3.06. The lowest BCUT2D eigenvalue weighted by atomic mass is 9.92. The van der Waals surface area contributed by atoms with E-state index in [2.05, 4.69) is 0 Å². The standard InChI is InChI=1S/C17H18O5/c1-3-4-12-7-10-5-9-6-11(18)8-13(21-2)14(9)16(19)15(10)17(20)22-12/h5-6,8,12,18-19H,3-4,7H2,1-2H3. The zero-order chi connectivity index (χ0) is 15.9. The molecule has 2 aromatic rings. The lowest BCUT2D eigenvalue weighted by Crippen LogP contribution is -2.27. The van der Waals surface area contributed by atoms with Crippen molar-refractivity contribution in [3.05, 3.63) is 29.3 Å². The fraction of sp³-hybridized carbons (Fsp3) is 0.353. The first-order valence-corrected chi connectivity index (χ1v) is 7.31. The maximum Gasteiger partial charge on any atom is 0.342 e. The second-order valence-electron chi connectivity index (χ2n) is 5.53. The molecule has 1 unspecified atom stereocenters. The number of rotatable bonds is 3. The summed E-state index contributed by atoms with van der Waals surface area (Å²) in [7, 11) is 1.45. The first kappa shape index (κ1) is 14.5. The first-order chi connectivity index (χ1) is 10.5. The van der Waals surface area contributed by atoms with Crippen LogP contribution in [0.15, 0.2) is 18.2 Å². The number of benzene rings is 2. The van der Waals surface area contributed by atoms with Crippen LogP contribution >= 0.6 is 0 Å². The number of hydrogen-bond donors (Lipinski definition) is 2. The molecule has 0 fully saturated rings. The summed E-state index contributed by atoms with van der Waals surface area (Å²) in [4.78, 5) is 12.2. The molecule has 3 rings (SSSR count). The van der Waals surface area contributed by atoms with Crippen LogP contribution in [0.3, 0.4) is 0 Å². The van der Waals surface area contributed by atoms with Crippen molar-refractivity contribution in [1.82, 2.24) is 0 Å². The molecule has 0 spiro atoms. The number of carbonyl (C=O) groups is 1. The van der Waals surface area contributed by atoms with Gasteiger partial charge in [-0.3, -0.25) is 0 Å². The number of methoxy groups -OCH3 is 1. The van der Waals surface area contributed by atoms with Gasteiger partial charge in [0.2, 0.25) is 0 Å². The minimum atomic E-state index is -0.505. The highest BCUT2D eigenvalue weighted by Gasteiger charge is 2.30. The highest BCUT2D eigenvalue weighted by molar-refractivity contribution is 6.06. The maximum absolute atomic E-state index is 12.2. The molecule has 5 nitrogen and oxygen atoms in total. The van der Waals surface area contributed by atoms with Crippen molar-refractivity contribution in [1.29, 1.82) is 0 Å². The van der Waals surface area contributed by atoms with Gasteiger partial charge in [-0.15, -0.1) is 0 Å². The summed E-state index contributed by atoms with van der Waals surface area (Å²) in [6.07, 6.45) is 2.10. The summed E-state index contributed by atoms with van der Waals surface area (Å²) < 4.78 is 10.6. The largest absolute Gasteiger partial charge is 0.508 e. The quantitative estimate of drug-likeness (QED) is 0.852. The van der Waals surface area contributed by atoms with Gasteiger partial charge < -0.3 is 19.7 Å². The van der Waals surface area contributed by atoms with Crippen LogP contribution in [0.5, 0.6) is 17.2 Å². The zero-order valence-electron chi connectivity index (χ0n) is 12.5. The molecule has 0 bridgehead atoms. The summed E-state index contributed by atoms with van der Waals surface area (Å²) in [5.74, 6) is -0.287. The number of aromatic hydroxyl groups is 2. The van der Waals surface area contributed by atoms with E-state index < -0.39 is 5.97 Å². The number of ether oxygens (including phenoxy) is 2. The van der Waals surface area contributed by atoms with Crippen LogP contribution in [-0.4, -0.2) is 29.4 Å². The third-order valence-electron chi connectivity index (χ3n) is 4.00. The molecule has 2 aromatic carbocycles. The SMILES string of the molecule is CCCC1Cc2cc3cc(O)cc(OC)c3c(O)c2C(=O)O1. The molecule has 0 amide bonds. The fourth-order valence-corrected chi connectivity index (χ4v) is 3.06. The Labute approximate surface area is 128 Å². The summed E-state index contributed by atoms with van der Waals surface area (Å²) in [5, 5.41) is 21.3. The van der Waals surface area contributed by atoms with E-state index in [1.54, 1.807) is 6.07 Å². The highest BCUT2D eigenvalue weighted by Crippen LogP contribution is 2.42. The number of phenols is 2. The average Bonchev–Trinajstić information content (AvgIpc) is 2.45. The molecule has 1 aliphatic rings. The van der Waals surface area contributed by atoms with Gasteiger partial charge in [0, 0.05) is 12.5 Å². The number of hydrogen-bond acceptors (Lipinski definition) is 5. The zero-order valence-corrected chi connectivity index (χ0v) is 12.5. The van der Waals surface area contributed by atoms with Gasteiger partial charge >= 0.3 is 5.97 Å². The molecule has 0 saturated heterocycles. The Hall–Kier alpha value is -2.43. The molecule has 5 heteroatoms. The van der Waals surface area contributed by atoms with Gasteiger partial charge in [0.1, 0.15) is 28.9 Å². The van der Waals surface area contributed by atoms with E-state index in [9.17, 15) is 15.0 Å². The monoisotopic (exact) mass is 302 g/mol. The van der Waals surface area contributed by atoms with E-state index >= 15 is 0 Å². The minimum absolute atomic E-state index is 0.0483. The molecule has 1 heterocycles. The van der Waals surface area contributed by atoms with Crippen molar-refractivity contribution < 1.29 is 24.5 Å². The molecule has 0 radical (unpaired) electrons. The predicted octanol–water partition coefficient (Wildman–Crippen LogP) is 3.14. The third kappa shape index (κ3) is 2.22. The maximum atomic E-state index is 12.2. The molecule has 1 atom stereocenters. The Morgan fingerprint density at radius 3 is 2.77 bits per heavy atom. The molecule has 0 aliphatic carbocycles. The van der Waals surface area contributed by atoms with Crippen LogP contribution in [0.2, 0.25) is 0 Å². The van der Waals surface area contributed by atoms with Gasteiger partial charge in [-0.25, -0.2) is 4.79 Å². The number of phenolic OH excluding ortho intramolecular Hbond substituents is 2. The second-order valence-corrected chi connectivity index (χ2v) is 5.53. The molecule has 1 aliphatic heterocycles. The number of esters is 1. The summed E-state index contributed by atoms with van der Waals surface area (Å²) in [6, 6.07) is 4.77. The van der Waals surface area contributed by atoms with Crippen LogP contribution in [-0.2, 0) is 11.2 Å². The smallest absolute Gasteiger partial charge is 0.342 e. The Kier molecular flexibility index (Phi) is 3.56. The molecule has 22 heavy (non-hydrogen) atoms. The van der Waals surface area contributed by atoms with Crippen molar-refractivity contribution in [2.45, 2.75) is 32.3 Å². The van der Waals surface area contributed by atoms with Crippen LogP contribution < -0.4 is 4.74 Å². The van der Waals surface area contributed by atoms with Crippen LogP contribution in [0, 0.1) is 0 Å². The Morgan fingerprint density at radius 1 is 1.32 bits per heavy atom. The second kappa shape index (κ2) is 5.40. The molecule has 0 aromatic heterocycles. The van der Waals surface area contributed by atoms with Gasteiger partial charge in [0.05, 0.1) is 12.5 Å². The van der Waals surface area contributed by atoms with Crippen molar-refractivity contribution in [3.8, 4) is 17.2 Å². The predicted molar refractivity (Wildman–Crippen MR) is 81.6 cm³/mol. The van der Waals surface area contributed by atoms with Crippen molar-refractivity contribution in [2.24, 2.45) is 0 Å².